The number of benzene rings is 1. The van der Waals surface area contributed by atoms with Gasteiger partial charge in [-0.1, -0.05) is 25.0 Å². The minimum absolute atomic E-state index is 0.00290. The van der Waals surface area contributed by atoms with E-state index in [1.165, 1.54) is 38.6 Å². The molecule has 164 valence electrons. The summed E-state index contributed by atoms with van der Waals surface area (Å²) in [5.74, 6) is 0.847. The molecule has 1 aromatic carbocycles. The van der Waals surface area contributed by atoms with Crippen LogP contribution < -0.4 is 16.0 Å². The van der Waals surface area contributed by atoms with E-state index in [4.69, 9.17) is 0 Å². The average molecular weight is 413 g/mol. The molecule has 30 heavy (non-hydrogen) atoms. The third-order valence-corrected chi connectivity index (χ3v) is 6.66. The Bertz CT molecular complexity index is 739. The zero-order valence-electron chi connectivity index (χ0n) is 18.2. The first-order chi connectivity index (χ1) is 14.7. The number of rotatable bonds is 5. The number of amides is 2. The maximum Gasteiger partial charge on any atom is 0.321 e. The highest BCUT2D eigenvalue weighted by molar-refractivity contribution is 5.89. The van der Waals surface area contributed by atoms with Crippen molar-refractivity contribution in [1.29, 1.82) is 0 Å². The third kappa shape index (κ3) is 5.45. The number of carbonyl (C=O) groups excluding carboxylic acids is 1. The lowest BCUT2D eigenvalue weighted by molar-refractivity contribution is 0.222. The largest absolute Gasteiger partial charge is 0.352 e. The number of hydrogen-bond donors (Lipinski definition) is 3. The number of aliphatic imine (C=N–C) groups is 1. The number of carbonyl (C=O) groups is 1. The highest BCUT2D eigenvalue weighted by Crippen LogP contribution is 2.26. The maximum absolute atomic E-state index is 12.3. The summed E-state index contributed by atoms with van der Waals surface area (Å²) < 4.78 is 0. The Morgan fingerprint density at radius 3 is 2.67 bits per heavy atom. The first-order valence-corrected chi connectivity index (χ1v) is 11.6. The van der Waals surface area contributed by atoms with Gasteiger partial charge in [0.2, 0.25) is 0 Å². The van der Waals surface area contributed by atoms with Crippen LogP contribution in [0.1, 0.15) is 50.5 Å². The molecule has 2 aliphatic heterocycles. The molecule has 2 saturated heterocycles. The molecule has 0 radical (unpaired) electrons. The molecule has 4 rings (SSSR count). The van der Waals surface area contributed by atoms with E-state index in [1.807, 2.05) is 30.1 Å². The molecule has 3 N–H and O–H groups in total. The first-order valence-electron chi connectivity index (χ1n) is 11.6. The highest BCUT2D eigenvalue weighted by atomic mass is 16.2. The Balaban J connectivity index is 1.24. The molecule has 3 aliphatic rings. The molecule has 0 spiro atoms. The van der Waals surface area contributed by atoms with Crippen molar-refractivity contribution in [3.8, 4) is 0 Å². The number of anilines is 1. The summed E-state index contributed by atoms with van der Waals surface area (Å²) in [5.41, 5.74) is 1.97. The molecule has 1 saturated carbocycles. The number of likely N-dealkylation sites (tertiary alicyclic amines) is 2. The Hall–Kier alpha value is -2.28. The molecule has 7 heteroatoms. The summed E-state index contributed by atoms with van der Waals surface area (Å²) >= 11 is 0. The Morgan fingerprint density at radius 1 is 1.10 bits per heavy atom. The molecule has 0 bridgehead atoms. The van der Waals surface area contributed by atoms with E-state index in [1.54, 1.807) is 0 Å². The van der Waals surface area contributed by atoms with Gasteiger partial charge >= 0.3 is 6.03 Å². The van der Waals surface area contributed by atoms with Gasteiger partial charge in [0.25, 0.3) is 0 Å². The second kappa shape index (κ2) is 10.2. The molecule has 1 aliphatic carbocycles. The van der Waals surface area contributed by atoms with Gasteiger partial charge in [0, 0.05) is 57.5 Å². The van der Waals surface area contributed by atoms with Gasteiger partial charge in [0.05, 0.1) is 0 Å². The van der Waals surface area contributed by atoms with Crippen LogP contribution in [0, 0.1) is 0 Å². The summed E-state index contributed by atoms with van der Waals surface area (Å²) in [4.78, 5) is 21.3. The van der Waals surface area contributed by atoms with E-state index in [0.717, 1.165) is 55.7 Å². The maximum atomic E-state index is 12.3. The molecule has 2 amide bonds. The van der Waals surface area contributed by atoms with Gasteiger partial charge in [-0.3, -0.25) is 9.89 Å². The van der Waals surface area contributed by atoms with Crippen molar-refractivity contribution in [3.63, 3.8) is 0 Å². The number of urea groups is 1. The Kier molecular flexibility index (Phi) is 7.10. The van der Waals surface area contributed by atoms with E-state index in [2.05, 4.69) is 31.9 Å². The summed E-state index contributed by atoms with van der Waals surface area (Å²) in [6.07, 6.45) is 8.88. The van der Waals surface area contributed by atoms with E-state index < -0.39 is 0 Å². The first kappa shape index (κ1) is 21.0. The summed E-state index contributed by atoms with van der Waals surface area (Å²) in [7, 11) is 1.83. The zero-order valence-corrected chi connectivity index (χ0v) is 18.2. The van der Waals surface area contributed by atoms with Crippen LogP contribution >= 0.6 is 0 Å². The fourth-order valence-electron chi connectivity index (χ4n) is 4.96. The van der Waals surface area contributed by atoms with E-state index >= 15 is 0 Å². The third-order valence-electron chi connectivity index (χ3n) is 6.66. The van der Waals surface area contributed by atoms with Gasteiger partial charge < -0.3 is 20.9 Å². The van der Waals surface area contributed by atoms with Crippen LogP contribution in [-0.4, -0.2) is 67.1 Å². The van der Waals surface area contributed by atoms with Crippen LogP contribution in [0.25, 0.3) is 0 Å². The van der Waals surface area contributed by atoms with Crippen molar-refractivity contribution in [2.24, 2.45) is 4.99 Å². The quantitative estimate of drug-likeness (QED) is 0.514. The van der Waals surface area contributed by atoms with Crippen LogP contribution in [0.2, 0.25) is 0 Å². The Morgan fingerprint density at radius 2 is 1.90 bits per heavy atom. The highest BCUT2D eigenvalue weighted by Gasteiger charge is 2.30. The smallest absolute Gasteiger partial charge is 0.321 e. The average Bonchev–Trinajstić information content (AvgIpc) is 3.53. The van der Waals surface area contributed by atoms with Crippen LogP contribution in [0.5, 0.6) is 0 Å². The van der Waals surface area contributed by atoms with Gasteiger partial charge in [0.15, 0.2) is 5.96 Å². The van der Waals surface area contributed by atoms with Crippen LogP contribution in [0.15, 0.2) is 29.3 Å². The van der Waals surface area contributed by atoms with Gasteiger partial charge in [-0.15, -0.1) is 0 Å². The standard InChI is InChI=1S/C23H36N6O/c1-24-22(26-20-11-14-29(17-20)21-9-2-3-10-21)25-16-18-7-6-8-19(15-18)27-23(30)28-12-4-5-13-28/h6-8,15,20-21H,2-5,9-14,16-17H2,1H3,(H,27,30)(H2,24,25,26). The van der Waals surface area contributed by atoms with Gasteiger partial charge in [0.1, 0.15) is 0 Å². The van der Waals surface area contributed by atoms with Gasteiger partial charge in [-0.2, -0.15) is 0 Å². The normalized spacial score (nSPS) is 23.2. The fourth-order valence-corrected chi connectivity index (χ4v) is 4.96. The van der Waals surface area contributed by atoms with Crippen molar-refractivity contribution in [3.05, 3.63) is 29.8 Å². The van der Waals surface area contributed by atoms with E-state index in [9.17, 15) is 4.79 Å². The monoisotopic (exact) mass is 412 g/mol. The summed E-state index contributed by atoms with van der Waals surface area (Å²) in [5, 5.41) is 10.0. The lowest BCUT2D eigenvalue weighted by atomic mass is 10.2. The number of hydrogen-bond acceptors (Lipinski definition) is 3. The molecule has 7 nitrogen and oxygen atoms in total. The Labute approximate surface area is 180 Å². The minimum atomic E-state index is 0.00290. The molecule has 1 unspecified atom stereocenters. The molecule has 1 aromatic rings. The van der Waals surface area contributed by atoms with Crippen molar-refractivity contribution in [2.45, 2.75) is 63.6 Å². The predicted octanol–water partition coefficient (Wildman–Crippen LogP) is 3.00. The van der Waals surface area contributed by atoms with Crippen molar-refractivity contribution in [1.82, 2.24) is 20.4 Å². The topological polar surface area (TPSA) is 72.0 Å². The number of nitrogens with zero attached hydrogens (tertiary/aromatic N) is 3. The van der Waals surface area contributed by atoms with E-state index in [-0.39, 0.29) is 6.03 Å². The second-order valence-corrected chi connectivity index (χ2v) is 8.81. The predicted molar refractivity (Wildman–Crippen MR) is 122 cm³/mol. The second-order valence-electron chi connectivity index (χ2n) is 8.81. The van der Waals surface area contributed by atoms with Crippen LogP contribution in [0.3, 0.4) is 0 Å². The van der Waals surface area contributed by atoms with Crippen molar-refractivity contribution in [2.75, 3.05) is 38.5 Å². The van der Waals surface area contributed by atoms with Crippen LogP contribution in [0.4, 0.5) is 10.5 Å². The molecule has 2 heterocycles. The fraction of sp³-hybridized carbons (Fsp3) is 0.652. The van der Waals surface area contributed by atoms with Crippen LogP contribution in [-0.2, 0) is 6.54 Å². The number of nitrogens with one attached hydrogen (secondary N) is 3. The lowest BCUT2D eigenvalue weighted by Crippen LogP contribution is -2.45. The SMILES string of the molecule is CN=C(NCc1cccc(NC(=O)N2CCCC2)c1)NC1CCN(C2CCCC2)C1. The van der Waals surface area contributed by atoms with Gasteiger partial charge in [-0.05, 0) is 49.8 Å². The molecule has 0 aromatic heterocycles. The molecule has 1 atom stereocenters. The lowest BCUT2D eigenvalue weighted by Gasteiger charge is -2.24. The zero-order chi connectivity index (χ0) is 20.8. The molecule has 3 fully saturated rings. The van der Waals surface area contributed by atoms with E-state index in [0.29, 0.717) is 12.6 Å². The minimum Gasteiger partial charge on any atom is -0.352 e. The van der Waals surface area contributed by atoms with Crippen molar-refractivity contribution < 1.29 is 4.79 Å². The van der Waals surface area contributed by atoms with Crippen molar-refractivity contribution >= 4 is 17.7 Å². The number of guanidine groups is 1. The molecular formula is C23H36N6O. The summed E-state index contributed by atoms with van der Waals surface area (Å²) in [6, 6.07) is 9.30. The summed E-state index contributed by atoms with van der Waals surface area (Å²) in [6.45, 7) is 4.69. The molecular weight excluding hydrogens is 376 g/mol. The van der Waals surface area contributed by atoms with Gasteiger partial charge in [-0.25, -0.2) is 4.79 Å².